The molecule has 2 saturated heterocycles. The molecule has 2 aliphatic heterocycles. The molecule has 0 aliphatic carbocycles. The summed E-state index contributed by atoms with van der Waals surface area (Å²) >= 11 is 0. The Bertz CT molecular complexity index is 1760. The van der Waals surface area contributed by atoms with E-state index >= 15 is 0 Å². The largest absolute Gasteiger partial charge is 0.465 e. The van der Waals surface area contributed by atoms with Crippen LogP contribution in [0.4, 0.5) is 0 Å². The zero-order valence-electron chi connectivity index (χ0n) is 34.2. The van der Waals surface area contributed by atoms with Gasteiger partial charge in [0.2, 0.25) is 0 Å². The van der Waals surface area contributed by atoms with Gasteiger partial charge in [0.05, 0.1) is 38.9 Å². The van der Waals surface area contributed by atoms with E-state index < -0.39 is 54.6 Å². The Morgan fingerprint density at radius 3 is 1.42 bits per heavy atom. The van der Waals surface area contributed by atoms with Gasteiger partial charge in [0, 0.05) is 24.0 Å². The molecule has 2 fully saturated rings. The number of hydrogen-bond acceptors (Lipinski definition) is 16. The maximum Gasteiger partial charge on any atom is 0.333 e. The summed E-state index contributed by atoms with van der Waals surface area (Å²) in [6.07, 6.45) is 1.56. The maximum atomic E-state index is 12.8. The zero-order valence-corrected chi connectivity index (χ0v) is 34.2. The van der Waals surface area contributed by atoms with Crippen LogP contribution in [0.5, 0.6) is 23.0 Å². The fourth-order valence-electron chi connectivity index (χ4n) is 5.63. The van der Waals surface area contributed by atoms with Crippen LogP contribution in [-0.2, 0) is 57.2 Å². The third kappa shape index (κ3) is 18.0. The molecule has 2 aromatic rings. The highest BCUT2D eigenvalue weighted by molar-refractivity contribution is 5.87. The van der Waals surface area contributed by atoms with Crippen molar-refractivity contribution in [2.75, 3.05) is 26.4 Å². The molecule has 2 aromatic carbocycles. The number of esters is 6. The van der Waals surface area contributed by atoms with Crippen molar-refractivity contribution in [3.8, 4) is 23.0 Å². The van der Waals surface area contributed by atoms with E-state index in [1.807, 2.05) is 0 Å². The van der Waals surface area contributed by atoms with Gasteiger partial charge in [-0.3, -0.25) is 19.2 Å². The number of carbonyl (C=O) groups is 6. The predicted molar refractivity (Wildman–Crippen MR) is 212 cm³/mol. The molecule has 2 aliphatic rings. The van der Waals surface area contributed by atoms with Gasteiger partial charge in [-0.1, -0.05) is 13.2 Å². The molecule has 0 aromatic heterocycles. The fraction of sp³-hybridized carbons (Fsp3) is 0.500. The lowest BCUT2D eigenvalue weighted by Crippen LogP contribution is -2.30. The molecule has 60 heavy (non-hydrogen) atoms. The maximum absolute atomic E-state index is 12.8. The summed E-state index contributed by atoms with van der Waals surface area (Å²) in [5.41, 5.74) is 0.196. The van der Waals surface area contributed by atoms with Gasteiger partial charge < -0.3 is 47.4 Å². The zero-order chi connectivity index (χ0) is 43.3. The minimum atomic E-state index is -1.05. The molecule has 0 spiro atoms. The molecule has 0 bridgehead atoms. The molecule has 0 saturated carbocycles. The van der Waals surface area contributed by atoms with Gasteiger partial charge in [-0.2, -0.15) is 0 Å². The second kappa shape index (κ2) is 25.0. The van der Waals surface area contributed by atoms with Crippen LogP contribution in [0.15, 0.2) is 72.8 Å². The summed E-state index contributed by atoms with van der Waals surface area (Å²) in [6.45, 7) is 10.5. The Hall–Kier alpha value is -5.74. The molecule has 2 heterocycles. The molecule has 16 nitrogen and oxygen atoms in total. The van der Waals surface area contributed by atoms with Crippen LogP contribution in [0.25, 0.3) is 0 Å². The van der Waals surface area contributed by atoms with E-state index in [2.05, 4.69) is 13.2 Å². The van der Waals surface area contributed by atoms with Gasteiger partial charge in [0.25, 0.3) is 0 Å². The smallest absolute Gasteiger partial charge is 0.333 e. The van der Waals surface area contributed by atoms with Gasteiger partial charge in [0.15, 0.2) is 12.6 Å². The predicted octanol–water partition coefficient (Wildman–Crippen LogP) is 6.41. The van der Waals surface area contributed by atoms with Crippen molar-refractivity contribution >= 4 is 35.8 Å². The SMILES string of the molecule is C=C(C)C(=O)OCC(CCC(COC(=O)CCC(=O)Oc1ccc(OC2CCCCO2)cc1)OC(=O)C(=C)C)OC(=O)CCC(=O)Oc1ccc(OC2CCCCO2)cc1. The highest BCUT2D eigenvalue weighted by Crippen LogP contribution is 2.24. The highest BCUT2D eigenvalue weighted by atomic mass is 16.7. The molecular formula is C44H54O16. The average Bonchev–Trinajstić information content (AvgIpc) is 3.24. The minimum absolute atomic E-state index is 0.0158. The van der Waals surface area contributed by atoms with E-state index in [1.165, 1.54) is 13.8 Å². The molecule has 0 N–H and O–H groups in total. The minimum Gasteiger partial charge on any atom is -0.465 e. The van der Waals surface area contributed by atoms with Crippen molar-refractivity contribution in [3.05, 3.63) is 72.8 Å². The molecule has 16 heteroatoms. The summed E-state index contributed by atoms with van der Waals surface area (Å²) in [4.78, 5) is 75.0. The van der Waals surface area contributed by atoms with Crippen LogP contribution in [-0.4, -0.2) is 87.0 Å². The number of rotatable bonds is 23. The fourth-order valence-corrected chi connectivity index (χ4v) is 5.63. The number of hydrogen-bond donors (Lipinski definition) is 0. The Morgan fingerprint density at radius 1 is 0.550 bits per heavy atom. The van der Waals surface area contributed by atoms with Crippen molar-refractivity contribution in [2.24, 2.45) is 0 Å². The summed E-state index contributed by atoms with van der Waals surface area (Å²) in [5.74, 6) is -2.75. The summed E-state index contributed by atoms with van der Waals surface area (Å²) in [6, 6.07) is 12.9. The van der Waals surface area contributed by atoms with Gasteiger partial charge in [-0.05, 0) is 101 Å². The third-order valence-electron chi connectivity index (χ3n) is 8.90. The molecule has 0 amide bonds. The molecular weight excluding hydrogens is 784 g/mol. The molecule has 4 rings (SSSR count). The van der Waals surface area contributed by atoms with Crippen LogP contribution in [0.1, 0.15) is 90.9 Å². The first-order chi connectivity index (χ1) is 28.8. The monoisotopic (exact) mass is 838 g/mol. The first-order valence-electron chi connectivity index (χ1n) is 20.0. The second-order valence-corrected chi connectivity index (χ2v) is 14.3. The van der Waals surface area contributed by atoms with E-state index in [4.69, 9.17) is 47.4 Å². The van der Waals surface area contributed by atoms with E-state index in [9.17, 15) is 28.8 Å². The van der Waals surface area contributed by atoms with Gasteiger partial charge in [0.1, 0.15) is 48.4 Å². The number of ether oxygens (including phenoxy) is 10. The summed E-state index contributed by atoms with van der Waals surface area (Å²) < 4.78 is 54.9. The Kier molecular flexibility index (Phi) is 19.6. The van der Waals surface area contributed by atoms with E-state index in [0.29, 0.717) is 24.7 Å². The first kappa shape index (κ1) is 46.9. The Labute approximate surface area is 349 Å². The number of benzene rings is 2. The van der Waals surface area contributed by atoms with Crippen molar-refractivity contribution < 1.29 is 76.1 Å². The Morgan fingerprint density at radius 2 is 0.967 bits per heavy atom. The average molecular weight is 839 g/mol. The first-order valence-corrected chi connectivity index (χ1v) is 20.0. The van der Waals surface area contributed by atoms with E-state index in [1.54, 1.807) is 48.5 Å². The van der Waals surface area contributed by atoms with Crippen LogP contribution in [0.2, 0.25) is 0 Å². The standard InChI is InChI=1S/C44H54O16/c1-29(2)43(49)54-28-35(57-40(48)24-23-39(47)56-32-13-17-34(18-14-32)59-42-10-6-8-26-52-42)19-20-36(60-44(50)30(3)4)27-53-37(45)21-22-38(46)55-31-11-15-33(16-12-31)58-41-9-5-7-25-51-41/h11-18,35-36,41-42H,1,3,5-10,19-28H2,2,4H3. The van der Waals surface area contributed by atoms with Crippen molar-refractivity contribution in [2.45, 2.75) is 116 Å². The van der Waals surface area contributed by atoms with Gasteiger partial charge in [-0.15, -0.1) is 0 Å². The molecule has 4 unspecified atom stereocenters. The van der Waals surface area contributed by atoms with Gasteiger partial charge in [-0.25, -0.2) is 9.59 Å². The highest BCUT2D eigenvalue weighted by Gasteiger charge is 2.25. The molecule has 4 atom stereocenters. The topological polar surface area (TPSA) is 195 Å². The van der Waals surface area contributed by atoms with E-state index in [0.717, 1.165) is 38.5 Å². The quantitative estimate of drug-likeness (QED) is 0.0515. The van der Waals surface area contributed by atoms with Crippen LogP contribution < -0.4 is 18.9 Å². The summed E-state index contributed by atoms with van der Waals surface area (Å²) in [5, 5.41) is 0. The molecule has 326 valence electrons. The Balaban J connectivity index is 1.23. The lowest BCUT2D eigenvalue weighted by atomic mass is 10.1. The normalized spacial score (nSPS) is 17.1. The van der Waals surface area contributed by atoms with Gasteiger partial charge >= 0.3 is 35.8 Å². The number of carbonyl (C=O) groups excluding carboxylic acids is 6. The molecule has 0 radical (unpaired) electrons. The van der Waals surface area contributed by atoms with Crippen molar-refractivity contribution in [1.82, 2.24) is 0 Å². The van der Waals surface area contributed by atoms with Crippen molar-refractivity contribution in [1.29, 1.82) is 0 Å². The lowest BCUT2D eigenvalue weighted by molar-refractivity contribution is -0.161. The second-order valence-electron chi connectivity index (χ2n) is 14.3. The van der Waals surface area contributed by atoms with Crippen LogP contribution in [0.3, 0.4) is 0 Å². The van der Waals surface area contributed by atoms with E-state index in [-0.39, 0.29) is 80.4 Å². The van der Waals surface area contributed by atoms with Crippen LogP contribution >= 0.6 is 0 Å². The van der Waals surface area contributed by atoms with Crippen LogP contribution in [0, 0.1) is 0 Å². The summed E-state index contributed by atoms with van der Waals surface area (Å²) in [7, 11) is 0. The third-order valence-corrected chi connectivity index (χ3v) is 8.90. The lowest BCUT2D eigenvalue weighted by Gasteiger charge is -2.23. The van der Waals surface area contributed by atoms with Crippen molar-refractivity contribution in [3.63, 3.8) is 0 Å².